The smallest absolute Gasteiger partial charge is 0.119 e. The number of rotatable bonds is 4. The molecule has 0 aliphatic heterocycles. The Labute approximate surface area is 171 Å². The predicted molar refractivity (Wildman–Crippen MR) is 119 cm³/mol. The van der Waals surface area contributed by atoms with Crippen LogP contribution >= 0.6 is 0 Å². The summed E-state index contributed by atoms with van der Waals surface area (Å²) in [7, 11) is 1.67. The van der Waals surface area contributed by atoms with Gasteiger partial charge in [-0.1, -0.05) is 36.4 Å². The summed E-state index contributed by atoms with van der Waals surface area (Å²) < 4.78 is 7.46. The van der Waals surface area contributed by atoms with Gasteiger partial charge in [0.25, 0.3) is 0 Å². The van der Waals surface area contributed by atoms with E-state index in [0.29, 0.717) is 5.57 Å². The van der Waals surface area contributed by atoms with Crippen LogP contribution in [0.15, 0.2) is 72.8 Å². The number of aromatic nitrogens is 1. The van der Waals surface area contributed by atoms with E-state index in [1.807, 2.05) is 48.5 Å². The molecule has 0 bridgehead atoms. The number of methoxy groups -OCH3 is 1. The molecule has 0 amide bonds. The van der Waals surface area contributed by atoms with E-state index < -0.39 is 0 Å². The van der Waals surface area contributed by atoms with E-state index in [4.69, 9.17) is 4.74 Å². The zero-order valence-corrected chi connectivity index (χ0v) is 16.8. The van der Waals surface area contributed by atoms with Crippen molar-refractivity contribution in [1.82, 2.24) is 4.57 Å². The predicted octanol–water partition coefficient (Wildman–Crippen LogP) is 6.32. The van der Waals surface area contributed by atoms with Crippen LogP contribution in [0.1, 0.15) is 22.5 Å². The number of allylic oxidation sites excluding steroid dienone is 1. The Morgan fingerprint density at radius 3 is 2.34 bits per heavy atom. The van der Waals surface area contributed by atoms with E-state index in [1.54, 1.807) is 7.11 Å². The SMILES string of the molecule is COc1ccc(-n2c(C)cc(C=C(C#N)c3ccc4ccccc4c3)c2C)cc1. The summed E-state index contributed by atoms with van der Waals surface area (Å²) in [6, 6.07) is 26.9. The van der Waals surface area contributed by atoms with Crippen LogP contribution in [0.25, 0.3) is 28.1 Å². The molecule has 3 heteroatoms. The maximum absolute atomic E-state index is 9.82. The number of ether oxygens (including phenoxy) is 1. The molecule has 1 heterocycles. The highest BCUT2D eigenvalue weighted by Crippen LogP contribution is 2.27. The topological polar surface area (TPSA) is 38.0 Å². The molecule has 0 atom stereocenters. The van der Waals surface area contributed by atoms with E-state index in [9.17, 15) is 5.26 Å². The first-order valence-electron chi connectivity index (χ1n) is 9.55. The highest BCUT2D eigenvalue weighted by molar-refractivity contribution is 5.94. The van der Waals surface area contributed by atoms with Gasteiger partial charge in [-0.2, -0.15) is 5.26 Å². The van der Waals surface area contributed by atoms with Gasteiger partial charge in [-0.3, -0.25) is 0 Å². The summed E-state index contributed by atoms with van der Waals surface area (Å²) in [4.78, 5) is 0. The lowest BCUT2D eigenvalue weighted by molar-refractivity contribution is 0.414. The third kappa shape index (κ3) is 3.53. The summed E-state index contributed by atoms with van der Waals surface area (Å²) in [5, 5.41) is 12.1. The summed E-state index contributed by atoms with van der Waals surface area (Å²) in [6.07, 6.45) is 1.98. The van der Waals surface area contributed by atoms with Crippen molar-refractivity contribution in [2.75, 3.05) is 7.11 Å². The molecular formula is C26H22N2O. The van der Waals surface area contributed by atoms with Gasteiger partial charge in [-0.25, -0.2) is 0 Å². The Morgan fingerprint density at radius 2 is 1.66 bits per heavy atom. The first-order chi connectivity index (χ1) is 14.1. The van der Waals surface area contributed by atoms with Crippen molar-refractivity contribution >= 4 is 22.4 Å². The largest absolute Gasteiger partial charge is 0.497 e. The van der Waals surface area contributed by atoms with Gasteiger partial charge < -0.3 is 9.30 Å². The Hall–Kier alpha value is -3.77. The number of benzene rings is 3. The molecular weight excluding hydrogens is 356 g/mol. The Balaban J connectivity index is 1.76. The van der Waals surface area contributed by atoms with E-state index >= 15 is 0 Å². The van der Waals surface area contributed by atoms with Crippen molar-refractivity contribution in [3.8, 4) is 17.5 Å². The summed E-state index contributed by atoms with van der Waals surface area (Å²) in [6.45, 7) is 4.16. The van der Waals surface area contributed by atoms with Gasteiger partial charge >= 0.3 is 0 Å². The first kappa shape index (κ1) is 18.6. The van der Waals surface area contributed by atoms with Crippen LogP contribution in [0, 0.1) is 25.2 Å². The Bertz CT molecular complexity index is 1250. The lowest BCUT2D eigenvalue weighted by Gasteiger charge is -2.10. The van der Waals surface area contributed by atoms with Gasteiger partial charge in [0.05, 0.1) is 18.8 Å². The van der Waals surface area contributed by atoms with Crippen LogP contribution in [-0.4, -0.2) is 11.7 Å². The fraction of sp³-hybridized carbons (Fsp3) is 0.115. The molecule has 3 nitrogen and oxygen atoms in total. The molecule has 0 fully saturated rings. The molecule has 4 aromatic rings. The highest BCUT2D eigenvalue weighted by Gasteiger charge is 2.11. The van der Waals surface area contributed by atoms with Crippen molar-refractivity contribution < 1.29 is 4.74 Å². The molecule has 3 aromatic carbocycles. The normalized spacial score (nSPS) is 11.4. The zero-order valence-electron chi connectivity index (χ0n) is 16.8. The standard InChI is InChI=1S/C26H22N2O/c1-18-14-23(19(2)28(18)25-10-12-26(29-3)13-11-25)16-24(17-27)22-9-8-20-6-4-5-7-21(20)15-22/h4-16H,1-3H3. The minimum Gasteiger partial charge on any atom is -0.497 e. The monoisotopic (exact) mass is 378 g/mol. The maximum Gasteiger partial charge on any atom is 0.119 e. The van der Waals surface area contributed by atoms with E-state index in [0.717, 1.165) is 39.3 Å². The zero-order chi connectivity index (χ0) is 20.4. The number of nitriles is 1. The summed E-state index contributed by atoms with van der Waals surface area (Å²) >= 11 is 0. The van der Waals surface area contributed by atoms with Crippen LogP contribution in [0.5, 0.6) is 5.75 Å². The first-order valence-corrected chi connectivity index (χ1v) is 9.55. The van der Waals surface area contributed by atoms with Gasteiger partial charge in [0.1, 0.15) is 5.75 Å². The molecule has 29 heavy (non-hydrogen) atoms. The minimum atomic E-state index is 0.658. The molecule has 1 aromatic heterocycles. The molecule has 0 unspecified atom stereocenters. The molecule has 0 aliphatic rings. The molecule has 142 valence electrons. The third-order valence-corrected chi connectivity index (χ3v) is 5.28. The summed E-state index contributed by atoms with van der Waals surface area (Å²) in [5.41, 5.74) is 5.93. The second-order valence-corrected chi connectivity index (χ2v) is 7.09. The van der Waals surface area contributed by atoms with Crippen LogP contribution in [-0.2, 0) is 0 Å². The van der Waals surface area contributed by atoms with E-state index in [2.05, 4.69) is 54.8 Å². The quantitative estimate of drug-likeness (QED) is 0.390. The van der Waals surface area contributed by atoms with Crippen molar-refractivity contribution in [2.45, 2.75) is 13.8 Å². The van der Waals surface area contributed by atoms with Gasteiger partial charge in [0.15, 0.2) is 0 Å². The van der Waals surface area contributed by atoms with Gasteiger partial charge in [-0.15, -0.1) is 0 Å². The fourth-order valence-corrected chi connectivity index (χ4v) is 3.75. The van der Waals surface area contributed by atoms with E-state index in [1.165, 1.54) is 5.39 Å². The van der Waals surface area contributed by atoms with Gasteiger partial charge in [0, 0.05) is 17.1 Å². The number of hydrogen-bond acceptors (Lipinski definition) is 2. The van der Waals surface area contributed by atoms with Gasteiger partial charge in [-0.05, 0) is 78.2 Å². The second kappa shape index (κ2) is 7.69. The van der Waals surface area contributed by atoms with Crippen molar-refractivity contribution in [1.29, 1.82) is 5.26 Å². The average molecular weight is 378 g/mol. The van der Waals surface area contributed by atoms with Crippen LogP contribution in [0.2, 0.25) is 0 Å². The van der Waals surface area contributed by atoms with Crippen LogP contribution < -0.4 is 4.74 Å². The number of aryl methyl sites for hydroxylation is 1. The molecule has 4 rings (SSSR count). The minimum absolute atomic E-state index is 0.658. The molecule has 0 saturated carbocycles. The van der Waals surface area contributed by atoms with Crippen LogP contribution in [0.3, 0.4) is 0 Å². The maximum atomic E-state index is 9.82. The van der Waals surface area contributed by atoms with Crippen LogP contribution in [0.4, 0.5) is 0 Å². The number of hydrogen-bond donors (Lipinski definition) is 0. The number of fused-ring (bicyclic) bond motifs is 1. The summed E-state index contributed by atoms with van der Waals surface area (Å²) in [5.74, 6) is 0.833. The highest BCUT2D eigenvalue weighted by atomic mass is 16.5. The average Bonchev–Trinajstić information content (AvgIpc) is 3.04. The van der Waals surface area contributed by atoms with Crippen molar-refractivity contribution in [3.05, 3.63) is 95.3 Å². The lowest BCUT2D eigenvalue weighted by atomic mass is 10.0. The molecule has 0 saturated heterocycles. The fourth-order valence-electron chi connectivity index (χ4n) is 3.75. The van der Waals surface area contributed by atoms with Crippen molar-refractivity contribution in [2.24, 2.45) is 0 Å². The molecule has 0 spiro atoms. The molecule has 0 aliphatic carbocycles. The molecule has 0 N–H and O–H groups in total. The second-order valence-electron chi connectivity index (χ2n) is 7.09. The lowest BCUT2D eigenvalue weighted by Crippen LogP contribution is -1.99. The van der Waals surface area contributed by atoms with E-state index in [-0.39, 0.29) is 0 Å². The number of nitrogens with zero attached hydrogens (tertiary/aromatic N) is 2. The van der Waals surface area contributed by atoms with Gasteiger partial charge in [0.2, 0.25) is 0 Å². The Morgan fingerprint density at radius 1 is 0.931 bits per heavy atom. The van der Waals surface area contributed by atoms with Crippen molar-refractivity contribution in [3.63, 3.8) is 0 Å². The molecule has 0 radical (unpaired) electrons. The third-order valence-electron chi connectivity index (χ3n) is 5.28. The Kier molecular flexibility index (Phi) is 4.93.